The van der Waals surface area contributed by atoms with Gasteiger partial charge in [-0.25, -0.2) is 0 Å². The lowest BCUT2D eigenvalue weighted by Crippen LogP contribution is -2.40. The molecule has 2 aromatic carbocycles. The molecule has 41 heavy (non-hydrogen) atoms. The van der Waals surface area contributed by atoms with Crippen LogP contribution in [0.1, 0.15) is 52.6 Å². The first-order valence-corrected chi connectivity index (χ1v) is 13.6. The highest BCUT2D eigenvalue weighted by atomic mass is 35.5. The number of hydrogen-bond donors (Lipinski definition) is 1. The minimum Gasteiger partial charge on any atom is -0.497 e. The molecule has 10 nitrogen and oxygen atoms in total. The Hall–Kier alpha value is -3.89. The van der Waals surface area contributed by atoms with Gasteiger partial charge in [0.25, 0.3) is 5.91 Å². The topological polar surface area (TPSA) is 102 Å². The van der Waals surface area contributed by atoms with Crippen molar-refractivity contribution in [3.8, 4) is 5.75 Å². The van der Waals surface area contributed by atoms with E-state index in [2.05, 4.69) is 10.2 Å². The van der Waals surface area contributed by atoms with Crippen LogP contribution >= 0.6 is 12.4 Å². The maximum Gasteiger partial charge on any atom is 0.276 e. The summed E-state index contributed by atoms with van der Waals surface area (Å²) in [6.07, 6.45) is 3.09. The molecule has 1 aromatic heterocycles. The van der Waals surface area contributed by atoms with Gasteiger partial charge >= 0.3 is 0 Å². The zero-order valence-corrected chi connectivity index (χ0v) is 24.7. The number of anilines is 2. The average Bonchev–Trinajstić information content (AvgIpc) is 3.38. The van der Waals surface area contributed by atoms with E-state index in [1.807, 2.05) is 72.4 Å². The molecule has 11 heteroatoms. The number of amides is 3. The van der Waals surface area contributed by atoms with E-state index in [0.717, 1.165) is 47.6 Å². The predicted octanol–water partition coefficient (Wildman–Crippen LogP) is 3.67. The van der Waals surface area contributed by atoms with Crippen LogP contribution in [0.2, 0.25) is 0 Å². The molecule has 3 heterocycles. The number of carbonyl (C=O) groups is 3. The third-order valence-electron chi connectivity index (χ3n) is 7.66. The number of carbonyl (C=O) groups excluding carboxylic acids is 3. The summed E-state index contributed by atoms with van der Waals surface area (Å²) in [4.78, 5) is 46.2. The summed E-state index contributed by atoms with van der Waals surface area (Å²) in [6, 6.07) is 14.7. The number of aromatic amines is 1. The van der Waals surface area contributed by atoms with Crippen LogP contribution in [0, 0.1) is 0 Å². The molecule has 0 spiro atoms. The quantitative estimate of drug-likeness (QED) is 0.436. The van der Waals surface area contributed by atoms with Crippen molar-refractivity contribution in [1.82, 2.24) is 20.0 Å². The molecular weight excluding hydrogens is 544 g/mol. The number of benzene rings is 2. The second kappa shape index (κ2) is 12.7. The molecular formula is C30H37ClN6O4. The molecule has 1 fully saturated rings. The Labute approximate surface area is 246 Å². The van der Waals surface area contributed by atoms with E-state index in [9.17, 15) is 14.4 Å². The van der Waals surface area contributed by atoms with Gasteiger partial charge in [0.1, 0.15) is 17.5 Å². The molecule has 1 unspecified atom stereocenters. The van der Waals surface area contributed by atoms with Gasteiger partial charge in [-0.3, -0.25) is 19.5 Å². The van der Waals surface area contributed by atoms with E-state index in [1.165, 1.54) is 0 Å². The maximum absolute atomic E-state index is 13.6. The fourth-order valence-corrected chi connectivity index (χ4v) is 5.51. The van der Waals surface area contributed by atoms with Crippen LogP contribution in [0.25, 0.3) is 0 Å². The van der Waals surface area contributed by atoms with Gasteiger partial charge in [0, 0.05) is 43.5 Å². The lowest BCUT2D eigenvalue weighted by molar-refractivity contribution is -0.132. The fraction of sp³-hybridized carbons (Fsp3) is 0.400. The van der Waals surface area contributed by atoms with Gasteiger partial charge in [0.2, 0.25) is 11.8 Å². The van der Waals surface area contributed by atoms with E-state index in [-0.39, 0.29) is 36.7 Å². The number of methoxy groups -OCH3 is 1. The monoisotopic (exact) mass is 580 g/mol. The van der Waals surface area contributed by atoms with Crippen molar-refractivity contribution >= 4 is 41.5 Å². The van der Waals surface area contributed by atoms with Gasteiger partial charge < -0.3 is 24.3 Å². The number of halogens is 1. The average molecular weight is 581 g/mol. The standard InChI is InChI=1S/C30H36N6O4.ClH/c1-33(2)19-26(38)34(3)29(20-8-14-23(40-4)15-9-20)27-24-16-18-36(30(39)28(24)32-31-27)22-12-10-21(11-13-22)35-17-6-5-7-25(35)37;/h8-15,29H,5-7,16-19H2,1-4H3,(H,31,32);1H. The normalized spacial score (nSPS) is 15.8. The lowest BCUT2D eigenvalue weighted by atomic mass is 9.94. The summed E-state index contributed by atoms with van der Waals surface area (Å²) in [5.41, 5.74) is 4.43. The van der Waals surface area contributed by atoms with Crippen molar-refractivity contribution in [1.29, 1.82) is 0 Å². The fourth-order valence-electron chi connectivity index (χ4n) is 5.51. The van der Waals surface area contributed by atoms with Crippen LogP contribution < -0.4 is 14.5 Å². The van der Waals surface area contributed by atoms with Crippen LogP contribution in [0.5, 0.6) is 5.75 Å². The lowest BCUT2D eigenvalue weighted by Gasteiger charge is -2.31. The molecule has 5 rings (SSSR count). The molecule has 2 aliphatic rings. The highest BCUT2D eigenvalue weighted by Gasteiger charge is 2.35. The number of aromatic nitrogens is 2. The molecule has 3 aromatic rings. The van der Waals surface area contributed by atoms with Crippen molar-refractivity contribution in [2.75, 3.05) is 57.7 Å². The summed E-state index contributed by atoms with van der Waals surface area (Å²) >= 11 is 0. The molecule has 1 saturated heterocycles. The van der Waals surface area contributed by atoms with Gasteiger partial charge in [-0.15, -0.1) is 12.4 Å². The first kappa shape index (κ1) is 30.1. The van der Waals surface area contributed by atoms with Crippen LogP contribution in [0.15, 0.2) is 48.5 Å². The zero-order chi connectivity index (χ0) is 28.4. The molecule has 0 saturated carbocycles. The third kappa shape index (κ3) is 6.08. The summed E-state index contributed by atoms with van der Waals surface area (Å²) in [6.45, 7) is 1.45. The maximum atomic E-state index is 13.6. The number of rotatable bonds is 8. The Balaban J connectivity index is 0.00000387. The molecule has 3 amide bonds. The van der Waals surface area contributed by atoms with Gasteiger partial charge in [-0.1, -0.05) is 12.1 Å². The van der Waals surface area contributed by atoms with Gasteiger partial charge in [-0.2, -0.15) is 5.10 Å². The third-order valence-corrected chi connectivity index (χ3v) is 7.66. The van der Waals surface area contributed by atoms with Gasteiger partial charge in [0.15, 0.2) is 0 Å². The SMILES string of the molecule is COc1ccc(C(c2n[nH]c3c2CCN(c2ccc(N4CCCCC4=O)cc2)C3=O)N(C)C(=O)CN(C)C)cc1.Cl. The second-order valence-corrected chi connectivity index (χ2v) is 10.6. The molecule has 2 aliphatic heterocycles. The number of likely N-dealkylation sites (N-methyl/N-ethyl adjacent to an activating group) is 2. The Morgan fingerprint density at radius 1 is 0.951 bits per heavy atom. The van der Waals surface area contributed by atoms with Crippen LogP contribution in [0.4, 0.5) is 11.4 Å². The van der Waals surface area contributed by atoms with E-state index in [0.29, 0.717) is 30.8 Å². The Morgan fingerprint density at radius 3 is 2.22 bits per heavy atom. The van der Waals surface area contributed by atoms with Crippen LogP contribution in [-0.4, -0.2) is 85.6 Å². The van der Waals surface area contributed by atoms with Crippen molar-refractivity contribution in [2.45, 2.75) is 31.7 Å². The minimum absolute atomic E-state index is 0. The molecule has 0 bridgehead atoms. The Morgan fingerprint density at radius 2 is 1.61 bits per heavy atom. The first-order chi connectivity index (χ1) is 19.3. The van der Waals surface area contributed by atoms with Crippen molar-refractivity contribution in [2.24, 2.45) is 0 Å². The summed E-state index contributed by atoms with van der Waals surface area (Å²) in [5.74, 6) is 0.634. The number of fused-ring (bicyclic) bond motifs is 1. The smallest absolute Gasteiger partial charge is 0.276 e. The molecule has 0 aliphatic carbocycles. The molecule has 1 atom stereocenters. The Bertz CT molecular complexity index is 1390. The summed E-state index contributed by atoms with van der Waals surface area (Å²) in [7, 11) is 7.10. The van der Waals surface area contributed by atoms with Crippen molar-refractivity contribution in [3.63, 3.8) is 0 Å². The van der Waals surface area contributed by atoms with Crippen LogP contribution in [0.3, 0.4) is 0 Å². The number of piperidine rings is 1. The molecule has 218 valence electrons. The number of H-pyrrole nitrogens is 1. The van der Waals surface area contributed by atoms with Crippen molar-refractivity contribution < 1.29 is 19.1 Å². The Kier molecular flexibility index (Phi) is 9.35. The van der Waals surface area contributed by atoms with Crippen LogP contribution in [-0.2, 0) is 16.0 Å². The first-order valence-electron chi connectivity index (χ1n) is 13.6. The predicted molar refractivity (Wildman–Crippen MR) is 160 cm³/mol. The summed E-state index contributed by atoms with van der Waals surface area (Å²) in [5, 5.41) is 7.59. The largest absolute Gasteiger partial charge is 0.497 e. The van der Waals surface area contributed by atoms with Gasteiger partial charge in [0.05, 0.1) is 19.3 Å². The van der Waals surface area contributed by atoms with E-state index >= 15 is 0 Å². The van der Waals surface area contributed by atoms with Crippen molar-refractivity contribution in [3.05, 3.63) is 71.0 Å². The molecule has 0 radical (unpaired) electrons. The van der Waals surface area contributed by atoms with Gasteiger partial charge in [-0.05, 0) is 75.3 Å². The number of hydrogen-bond acceptors (Lipinski definition) is 6. The van der Waals surface area contributed by atoms with E-state index in [4.69, 9.17) is 4.74 Å². The number of nitrogens with zero attached hydrogens (tertiary/aromatic N) is 5. The summed E-state index contributed by atoms with van der Waals surface area (Å²) < 4.78 is 5.33. The highest BCUT2D eigenvalue weighted by molar-refractivity contribution is 6.07. The minimum atomic E-state index is -0.473. The van der Waals surface area contributed by atoms with E-state index < -0.39 is 6.04 Å². The zero-order valence-electron chi connectivity index (χ0n) is 23.9. The number of ether oxygens (including phenoxy) is 1. The highest BCUT2D eigenvalue weighted by Crippen LogP contribution is 2.35. The second-order valence-electron chi connectivity index (χ2n) is 10.6. The number of nitrogens with one attached hydrogen (secondary N) is 1. The van der Waals surface area contributed by atoms with E-state index in [1.54, 1.807) is 24.0 Å². The molecule has 1 N–H and O–H groups in total.